The monoisotopic (exact) mass is 792 g/mol. The predicted molar refractivity (Wildman–Crippen MR) is 241 cm³/mol. The lowest BCUT2D eigenvalue weighted by Crippen LogP contribution is -2.45. The number of ether oxygens (including phenoxy) is 1. The van der Waals surface area contributed by atoms with Crippen LogP contribution in [0.15, 0.2) is 12.2 Å². The van der Waals surface area contributed by atoms with Gasteiger partial charge in [-0.25, -0.2) is 0 Å². The number of aliphatic hydroxyl groups is 2. The van der Waals surface area contributed by atoms with Crippen molar-refractivity contribution in [3.05, 3.63) is 12.2 Å². The van der Waals surface area contributed by atoms with Gasteiger partial charge >= 0.3 is 5.97 Å². The summed E-state index contributed by atoms with van der Waals surface area (Å²) in [5.74, 6) is -0.0970. The van der Waals surface area contributed by atoms with Gasteiger partial charge in [-0.3, -0.25) is 9.59 Å². The molecule has 0 rings (SSSR count). The molecule has 0 spiro atoms. The first kappa shape index (κ1) is 54.6. The van der Waals surface area contributed by atoms with Gasteiger partial charge in [-0.1, -0.05) is 225 Å². The van der Waals surface area contributed by atoms with Crippen LogP contribution in [-0.2, 0) is 14.3 Å². The molecule has 0 bridgehead atoms. The van der Waals surface area contributed by atoms with Crippen LogP contribution < -0.4 is 5.32 Å². The van der Waals surface area contributed by atoms with Crippen LogP contribution in [0.25, 0.3) is 0 Å². The molecule has 0 aliphatic carbocycles. The Bertz CT molecular complexity index is 832. The molecule has 0 heterocycles. The normalized spacial score (nSPS) is 12.7. The fourth-order valence-corrected chi connectivity index (χ4v) is 7.68. The molecule has 2 atom stereocenters. The number of unbranched alkanes of at least 4 members (excludes halogenated alkanes) is 33. The summed E-state index contributed by atoms with van der Waals surface area (Å²) in [6.45, 7) is 4.86. The third kappa shape index (κ3) is 42.2. The Balaban J connectivity index is 3.50. The summed E-state index contributed by atoms with van der Waals surface area (Å²) in [6.07, 6.45) is 51.7. The Kier molecular flexibility index (Phi) is 45.1. The fraction of sp³-hybridized carbons (Fsp3) is 0.920. The van der Waals surface area contributed by atoms with E-state index < -0.39 is 12.1 Å². The number of esters is 1. The molecule has 0 saturated carbocycles. The van der Waals surface area contributed by atoms with Gasteiger partial charge in [0, 0.05) is 12.8 Å². The second-order valence-electron chi connectivity index (χ2n) is 17.1. The molecule has 2 unspecified atom stereocenters. The highest BCUT2D eigenvalue weighted by atomic mass is 16.5. The summed E-state index contributed by atoms with van der Waals surface area (Å²) >= 11 is 0. The molecule has 3 N–H and O–H groups in total. The number of hydrogen-bond acceptors (Lipinski definition) is 5. The van der Waals surface area contributed by atoms with E-state index in [1.165, 1.54) is 180 Å². The smallest absolute Gasteiger partial charge is 0.305 e. The van der Waals surface area contributed by atoms with Crippen LogP contribution in [-0.4, -0.2) is 47.4 Å². The summed E-state index contributed by atoms with van der Waals surface area (Å²) in [5.41, 5.74) is 0. The van der Waals surface area contributed by atoms with Gasteiger partial charge in [-0.2, -0.15) is 0 Å². The molecule has 332 valence electrons. The van der Waals surface area contributed by atoms with Crippen LogP contribution in [0.4, 0.5) is 0 Å². The molecule has 56 heavy (non-hydrogen) atoms. The van der Waals surface area contributed by atoms with Crippen LogP contribution in [0.1, 0.15) is 271 Å². The maximum atomic E-state index is 12.4. The van der Waals surface area contributed by atoms with E-state index >= 15 is 0 Å². The lowest BCUT2D eigenvalue weighted by atomic mass is 10.0. The molecular formula is C50H97NO5. The minimum Gasteiger partial charge on any atom is -0.466 e. The van der Waals surface area contributed by atoms with Crippen LogP contribution >= 0.6 is 0 Å². The number of amides is 1. The lowest BCUT2D eigenvalue weighted by Gasteiger charge is -2.22. The third-order valence-corrected chi connectivity index (χ3v) is 11.6. The summed E-state index contributed by atoms with van der Waals surface area (Å²) in [7, 11) is 0. The van der Waals surface area contributed by atoms with Crippen molar-refractivity contribution in [2.24, 2.45) is 0 Å². The zero-order valence-electron chi connectivity index (χ0n) is 37.6. The average Bonchev–Trinajstić information content (AvgIpc) is 3.20. The van der Waals surface area contributed by atoms with Crippen molar-refractivity contribution >= 4 is 11.9 Å². The minimum atomic E-state index is -0.681. The predicted octanol–water partition coefficient (Wildman–Crippen LogP) is 14.6. The highest BCUT2D eigenvalue weighted by Gasteiger charge is 2.20. The van der Waals surface area contributed by atoms with E-state index in [0.717, 1.165) is 57.8 Å². The maximum absolute atomic E-state index is 12.4. The summed E-state index contributed by atoms with van der Waals surface area (Å²) in [5, 5.41) is 23.2. The zero-order chi connectivity index (χ0) is 40.8. The van der Waals surface area contributed by atoms with Gasteiger partial charge in [0.2, 0.25) is 5.91 Å². The summed E-state index contributed by atoms with van der Waals surface area (Å²) < 4.78 is 5.42. The van der Waals surface area contributed by atoms with E-state index in [4.69, 9.17) is 4.74 Å². The number of carbonyl (C=O) groups excluding carboxylic acids is 2. The number of hydrogen-bond donors (Lipinski definition) is 3. The van der Waals surface area contributed by atoms with Crippen LogP contribution in [0, 0.1) is 0 Å². The highest BCUT2D eigenvalue weighted by Crippen LogP contribution is 2.17. The van der Waals surface area contributed by atoms with Gasteiger partial charge in [0.05, 0.1) is 25.4 Å². The topological polar surface area (TPSA) is 95.9 Å². The molecule has 1 amide bonds. The van der Waals surface area contributed by atoms with Gasteiger partial charge in [0.25, 0.3) is 0 Å². The third-order valence-electron chi connectivity index (χ3n) is 11.6. The molecule has 0 aliphatic heterocycles. The molecule has 6 heteroatoms. The van der Waals surface area contributed by atoms with Gasteiger partial charge < -0.3 is 20.3 Å². The highest BCUT2D eigenvalue weighted by molar-refractivity contribution is 5.76. The summed E-state index contributed by atoms with van der Waals surface area (Å²) in [4.78, 5) is 24.4. The number of rotatable bonds is 46. The van der Waals surface area contributed by atoms with Crippen molar-refractivity contribution < 1.29 is 24.5 Å². The Morgan fingerprint density at radius 2 is 0.857 bits per heavy atom. The van der Waals surface area contributed by atoms with E-state index in [2.05, 4.69) is 31.3 Å². The van der Waals surface area contributed by atoms with Gasteiger partial charge in [-0.15, -0.1) is 0 Å². The Hall–Kier alpha value is -1.40. The molecule has 0 aromatic heterocycles. The van der Waals surface area contributed by atoms with Gasteiger partial charge in [0.1, 0.15) is 0 Å². The average molecular weight is 792 g/mol. The zero-order valence-corrected chi connectivity index (χ0v) is 37.6. The number of aliphatic hydroxyl groups excluding tert-OH is 2. The van der Waals surface area contributed by atoms with Crippen LogP contribution in [0.3, 0.4) is 0 Å². The van der Waals surface area contributed by atoms with Gasteiger partial charge in [-0.05, 0) is 44.9 Å². The van der Waals surface area contributed by atoms with Crippen LogP contribution in [0.2, 0.25) is 0 Å². The first-order chi connectivity index (χ1) is 27.5. The Morgan fingerprint density at radius 1 is 0.482 bits per heavy atom. The first-order valence-corrected chi connectivity index (χ1v) is 24.9. The Morgan fingerprint density at radius 3 is 1.32 bits per heavy atom. The van der Waals surface area contributed by atoms with E-state index in [0.29, 0.717) is 25.9 Å². The van der Waals surface area contributed by atoms with E-state index in [9.17, 15) is 19.8 Å². The second kappa shape index (κ2) is 46.3. The summed E-state index contributed by atoms with van der Waals surface area (Å²) in [6, 6.07) is -0.561. The van der Waals surface area contributed by atoms with Crippen LogP contribution in [0.5, 0.6) is 0 Å². The van der Waals surface area contributed by atoms with Crippen molar-refractivity contribution in [1.29, 1.82) is 0 Å². The van der Waals surface area contributed by atoms with Crippen molar-refractivity contribution in [2.75, 3.05) is 13.2 Å². The molecule has 0 aromatic carbocycles. The van der Waals surface area contributed by atoms with Crippen molar-refractivity contribution in [2.45, 2.75) is 283 Å². The fourth-order valence-electron chi connectivity index (χ4n) is 7.68. The SMILES string of the molecule is CCCC/C=C\CCCCCCCC(=O)OCCCCCCCCCCCC(=O)NC(CO)C(O)CCCCCCCCCCCCCCCCCCCCC. The molecule has 0 saturated heterocycles. The lowest BCUT2D eigenvalue weighted by molar-refractivity contribution is -0.143. The molecule has 0 aliphatic rings. The first-order valence-electron chi connectivity index (χ1n) is 24.9. The minimum absolute atomic E-state index is 0.0355. The van der Waals surface area contributed by atoms with Crippen molar-refractivity contribution in [3.8, 4) is 0 Å². The Labute approximate surface area is 349 Å². The molecule has 0 aromatic rings. The van der Waals surface area contributed by atoms with Gasteiger partial charge in [0.15, 0.2) is 0 Å². The number of allylic oxidation sites excluding steroid dienone is 2. The van der Waals surface area contributed by atoms with E-state index in [1.54, 1.807) is 0 Å². The van der Waals surface area contributed by atoms with E-state index in [1.807, 2.05) is 0 Å². The maximum Gasteiger partial charge on any atom is 0.305 e. The standard InChI is InChI=1S/C50H97NO5/c1-3-5-7-9-11-13-15-16-17-18-19-20-21-22-24-26-30-34-38-42-48(53)47(46-52)51-49(54)43-39-35-31-27-25-29-33-37-41-45-56-50(55)44-40-36-32-28-23-14-12-10-8-6-4-2/h10,12,47-48,52-53H,3-9,11,13-46H2,1-2H3,(H,51,54)/b12-10-. The molecule has 6 nitrogen and oxygen atoms in total. The number of carbonyl (C=O) groups is 2. The molecule has 0 radical (unpaired) electrons. The molecular weight excluding hydrogens is 695 g/mol. The van der Waals surface area contributed by atoms with Crippen molar-refractivity contribution in [3.63, 3.8) is 0 Å². The van der Waals surface area contributed by atoms with Crippen molar-refractivity contribution in [1.82, 2.24) is 5.32 Å². The second-order valence-corrected chi connectivity index (χ2v) is 17.1. The molecule has 0 fully saturated rings. The number of nitrogens with one attached hydrogen (secondary N) is 1. The quantitative estimate of drug-likeness (QED) is 0.0324. The van der Waals surface area contributed by atoms with E-state index in [-0.39, 0.29) is 18.5 Å². The largest absolute Gasteiger partial charge is 0.466 e.